The highest BCUT2D eigenvalue weighted by Gasteiger charge is 2.54. The molecule has 0 aromatic carbocycles. The molecule has 12 heteroatoms. The van der Waals surface area contributed by atoms with Crippen LogP contribution in [0, 0.1) is 13.8 Å². The van der Waals surface area contributed by atoms with Crippen LogP contribution in [0.25, 0.3) is 0 Å². The number of carboxylic acids is 1. The Balaban J connectivity index is 1.77. The van der Waals surface area contributed by atoms with Crippen LogP contribution in [-0.4, -0.2) is 67.3 Å². The van der Waals surface area contributed by atoms with Gasteiger partial charge in [-0.3, -0.25) is 24.0 Å². The Kier molecular flexibility index (Phi) is 6.65. The van der Waals surface area contributed by atoms with Crippen LogP contribution in [0.3, 0.4) is 0 Å². The summed E-state index contributed by atoms with van der Waals surface area (Å²) >= 11 is 7.50. The minimum absolute atomic E-state index is 0.196. The fraction of sp³-hybridized carbons (Fsp3) is 0.526. The average molecular weight is 471 g/mol. The zero-order valence-corrected chi connectivity index (χ0v) is 19.0. The second-order valence-electron chi connectivity index (χ2n) is 7.29. The maximum absolute atomic E-state index is 12.9. The molecular formula is C19H23ClN4O6S. The molecule has 1 aromatic heterocycles. The Morgan fingerprint density at radius 3 is 2.58 bits per heavy atom. The number of esters is 1. The molecule has 3 rings (SSSR count). The SMILES string of the molecule is CCC(C(=O)NC1C(=O)N2C(C(=O)O)=C(COC(C)=O)CSC12)n1nc(C)c(Cl)c1C. The van der Waals surface area contributed by atoms with Crippen LogP contribution < -0.4 is 5.32 Å². The number of halogens is 1. The van der Waals surface area contributed by atoms with E-state index in [1.807, 2.05) is 6.92 Å². The van der Waals surface area contributed by atoms with Crippen molar-refractivity contribution in [2.45, 2.75) is 51.6 Å². The van der Waals surface area contributed by atoms with Gasteiger partial charge in [-0.15, -0.1) is 11.8 Å². The van der Waals surface area contributed by atoms with E-state index in [1.165, 1.54) is 18.7 Å². The summed E-state index contributed by atoms with van der Waals surface area (Å²) in [5.74, 6) is -2.48. The van der Waals surface area contributed by atoms with E-state index < -0.39 is 41.2 Å². The van der Waals surface area contributed by atoms with Crippen molar-refractivity contribution in [2.75, 3.05) is 12.4 Å². The van der Waals surface area contributed by atoms with Gasteiger partial charge in [0.2, 0.25) is 5.91 Å². The lowest BCUT2D eigenvalue weighted by molar-refractivity contribution is -0.151. The van der Waals surface area contributed by atoms with Crippen LogP contribution in [0.1, 0.15) is 37.7 Å². The number of amides is 2. The molecule has 2 aliphatic heterocycles. The van der Waals surface area contributed by atoms with E-state index >= 15 is 0 Å². The number of thioether (sulfide) groups is 1. The molecule has 168 valence electrons. The number of carboxylic acid groups (broad SMARTS) is 1. The number of aryl methyl sites for hydroxylation is 1. The van der Waals surface area contributed by atoms with Crippen molar-refractivity contribution in [3.8, 4) is 0 Å². The number of β-lactam (4-membered cyclic amide) rings is 1. The van der Waals surface area contributed by atoms with Crippen molar-refractivity contribution in [3.05, 3.63) is 27.7 Å². The molecule has 10 nitrogen and oxygen atoms in total. The molecule has 0 bridgehead atoms. The number of aliphatic carboxylic acids is 1. The molecular weight excluding hydrogens is 448 g/mol. The standard InChI is InChI=1S/C19H23ClN4O6S/c1-5-12(24-9(3)13(20)8(2)22-24)16(26)21-14-17(27)23-15(19(28)29)11(6-30-10(4)25)7-31-18(14)23/h12,14,18H,5-7H2,1-4H3,(H,21,26)(H,28,29). The second kappa shape index (κ2) is 8.91. The normalized spacial score (nSPS) is 21.3. The first-order valence-corrected chi connectivity index (χ1v) is 11.1. The molecule has 31 heavy (non-hydrogen) atoms. The highest BCUT2D eigenvalue weighted by atomic mass is 35.5. The Labute approximate surface area is 187 Å². The number of hydrogen-bond donors (Lipinski definition) is 2. The fourth-order valence-corrected chi connectivity index (χ4v) is 5.10. The molecule has 3 atom stereocenters. The van der Waals surface area contributed by atoms with Crippen molar-refractivity contribution in [2.24, 2.45) is 0 Å². The van der Waals surface area contributed by atoms with E-state index in [-0.39, 0.29) is 18.1 Å². The Morgan fingerprint density at radius 1 is 1.39 bits per heavy atom. The van der Waals surface area contributed by atoms with Gasteiger partial charge in [0.25, 0.3) is 5.91 Å². The zero-order chi connectivity index (χ0) is 23.0. The van der Waals surface area contributed by atoms with E-state index in [0.717, 1.165) is 4.90 Å². The van der Waals surface area contributed by atoms with E-state index in [2.05, 4.69) is 10.4 Å². The quantitative estimate of drug-likeness (QED) is 0.451. The van der Waals surface area contributed by atoms with Gasteiger partial charge < -0.3 is 15.2 Å². The summed E-state index contributed by atoms with van der Waals surface area (Å²) in [7, 11) is 0. The average Bonchev–Trinajstić information content (AvgIpc) is 2.97. The first-order valence-electron chi connectivity index (χ1n) is 9.63. The second-order valence-corrected chi connectivity index (χ2v) is 8.77. The minimum Gasteiger partial charge on any atom is -0.477 e. The smallest absolute Gasteiger partial charge is 0.352 e. The predicted molar refractivity (Wildman–Crippen MR) is 112 cm³/mol. The van der Waals surface area contributed by atoms with Crippen molar-refractivity contribution in [1.29, 1.82) is 0 Å². The molecule has 0 saturated carbocycles. The Morgan fingerprint density at radius 2 is 2.06 bits per heavy atom. The summed E-state index contributed by atoms with van der Waals surface area (Å²) in [5, 5.41) is 16.6. The lowest BCUT2D eigenvalue weighted by atomic mass is 10.0. The van der Waals surface area contributed by atoms with Gasteiger partial charge in [0, 0.05) is 18.2 Å². The predicted octanol–water partition coefficient (Wildman–Crippen LogP) is 1.41. The first-order chi connectivity index (χ1) is 14.6. The number of ether oxygens (including phenoxy) is 1. The molecule has 1 saturated heterocycles. The molecule has 2 N–H and O–H groups in total. The largest absolute Gasteiger partial charge is 0.477 e. The third-order valence-electron chi connectivity index (χ3n) is 5.22. The van der Waals surface area contributed by atoms with Gasteiger partial charge in [-0.05, 0) is 20.3 Å². The first kappa shape index (κ1) is 23.1. The maximum atomic E-state index is 12.9. The minimum atomic E-state index is -1.28. The summed E-state index contributed by atoms with van der Waals surface area (Å²) in [6, 6.07) is -1.51. The zero-order valence-electron chi connectivity index (χ0n) is 17.5. The van der Waals surface area contributed by atoms with Gasteiger partial charge in [-0.2, -0.15) is 5.10 Å². The Bertz CT molecular complexity index is 990. The van der Waals surface area contributed by atoms with E-state index in [9.17, 15) is 24.3 Å². The third kappa shape index (κ3) is 4.16. The molecule has 3 unspecified atom stereocenters. The summed E-state index contributed by atoms with van der Waals surface area (Å²) in [4.78, 5) is 49.7. The van der Waals surface area contributed by atoms with Crippen LogP contribution >= 0.6 is 23.4 Å². The highest BCUT2D eigenvalue weighted by molar-refractivity contribution is 8.00. The van der Waals surface area contributed by atoms with Crippen LogP contribution in [0.5, 0.6) is 0 Å². The van der Waals surface area contributed by atoms with E-state index in [1.54, 1.807) is 18.5 Å². The van der Waals surface area contributed by atoms with Crippen LogP contribution in [0.4, 0.5) is 0 Å². The fourth-order valence-electron chi connectivity index (χ4n) is 3.65. The van der Waals surface area contributed by atoms with Gasteiger partial charge in [0.15, 0.2) is 0 Å². The maximum Gasteiger partial charge on any atom is 0.352 e. The van der Waals surface area contributed by atoms with Gasteiger partial charge in [0.05, 0.1) is 16.4 Å². The molecule has 2 aliphatic rings. The van der Waals surface area contributed by atoms with Gasteiger partial charge in [0.1, 0.15) is 29.8 Å². The monoisotopic (exact) mass is 470 g/mol. The van der Waals surface area contributed by atoms with Crippen molar-refractivity contribution in [1.82, 2.24) is 20.0 Å². The number of rotatable bonds is 7. The number of nitrogens with zero attached hydrogens (tertiary/aromatic N) is 3. The lowest BCUT2D eigenvalue weighted by Gasteiger charge is -2.49. The molecule has 1 aromatic rings. The number of aromatic nitrogens is 2. The van der Waals surface area contributed by atoms with Crippen molar-refractivity contribution < 1.29 is 29.0 Å². The van der Waals surface area contributed by atoms with Crippen LogP contribution in [0.15, 0.2) is 11.3 Å². The van der Waals surface area contributed by atoms with E-state index in [0.29, 0.717) is 28.4 Å². The van der Waals surface area contributed by atoms with Gasteiger partial charge >= 0.3 is 11.9 Å². The van der Waals surface area contributed by atoms with Gasteiger partial charge in [-0.25, -0.2) is 4.79 Å². The molecule has 1 fully saturated rings. The number of carbonyl (C=O) groups excluding carboxylic acids is 3. The number of nitrogens with one attached hydrogen (secondary N) is 1. The van der Waals surface area contributed by atoms with Crippen molar-refractivity contribution >= 4 is 47.1 Å². The molecule has 0 radical (unpaired) electrons. The number of fused-ring (bicyclic) bond motifs is 1. The summed E-state index contributed by atoms with van der Waals surface area (Å²) in [6.07, 6.45) is 0.430. The lowest BCUT2D eigenvalue weighted by Crippen LogP contribution is -2.71. The molecule has 0 spiro atoms. The summed E-state index contributed by atoms with van der Waals surface area (Å²) in [6.45, 7) is 6.36. The molecule has 0 aliphatic carbocycles. The van der Waals surface area contributed by atoms with Crippen molar-refractivity contribution in [3.63, 3.8) is 0 Å². The van der Waals surface area contributed by atoms with Crippen LogP contribution in [0.2, 0.25) is 5.02 Å². The molecule has 3 heterocycles. The van der Waals surface area contributed by atoms with Gasteiger partial charge in [-0.1, -0.05) is 18.5 Å². The summed E-state index contributed by atoms with van der Waals surface area (Å²) in [5.41, 5.74) is 1.40. The summed E-state index contributed by atoms with van der Waals surface area (Å²) < 4.78 is 6.46. The molecule has 2 amide bonds. The number of carbonyl (C=O) groups is 4. The number of hydrogen-bond acceptors (Lipinski definition) is 7. The van der Waals surface area contributed by atoms with Crippen LogP contribution in [-0.2, 0) is 23.9 Å². The topological polar surface area (TPSA) is 131 Å². The van der Waals surface area contributed by atoms with E-state index in [4.69, 9.17) is 16.3 Å². The highest BCUT2D eigenvalue weighted by Crippen LogP contribution is 2.40. The third-order valence-corrected chi connectivity index (χ3v) is 7.11. The Hall–Kier alpha value is -2.53.